The Morgan fingerprint density at radius 1 is 1.38 bits per heavy atom. The van der Waals surface area contributed by atoms with Crippen molar-refractivity contribution in [2.24, 2.45) is 4.99 Å². The summed E-state index contributed by atoms with van der Waals surface area (Å²) in [6, 6.07) is 9.60. The van der Waals surface area contributed by atoms with Gasteiger partial charge in [-0.3, -0.25) is 9.78 Å². The summed E-state index contributed by atoms with van der Waals surface area (Å²) in [6.45, 7) is 12.8. The summed E-state index contributed by atoms with van der Waals surface area (Å²) in [5.41, 5.74) is 5.98. The number of carbonyl (C=O) groups is 1. The van der Waals surface area contributed by atoms with Crippen LogP contribution in [0.5, 0.6) is 0 Å². The number of hydrogen-bond donors (Lipinski definition) is 2. The van der Waals surface area contributed by atoms with Gasteiger partial charge in [0.2, 0.25) is 0 Å². The maximum Gasteiger partial charge on any atom is 1.00 e. The molecule has 1 atom stereocenters. The van der Waals surface area contributed by atoms with E-state index in [-0.39, 0.29) is 63.3 Å². The number of nitrogens with one attached hydrogen (secondary N) is 2. The van der Waals surface area contributed by atoms with Gasteiger partial charge in [-0.05, 0) is 61.4 Å². The van der Waals surface area contributed by atoms with Gasteiger partial charge in [0.05, 0.1) is 17.8 Å². The molecular weight excluding hydrogens is 425 g/mol. The van der Waals surface area contributed by atoms with Crippen LogP contribution in [-0.2, 0) is 0 Å². The molecule has 1 aliphatic heterocycles. The molecule has 1 saturated heterocycles. The van der Waals surface area contributed by atoms with Crippen LogP contribution in [0.25, 0.3) is 5.57 Å². The largest absolute Gasteiger partial charge is 1.00 e. The van der Waals surface area contributed by atoms with E-state index in [9.17, 15) is 4.79 Å². The number of rotatable bonds is 7. The first-order chi connectivity index (χ1) is 14.6. The Kier molecular flexibility index (Phi) is 9.45. The Labute approximate surface area is 233 Å². The van der Waals surface area contributed by atoms with E-state index in [0.29, 0.717) is 5.56 Å². The van der Waals surface area contributed by atoms with Crippen molar-refractivity contribution in [3.05, 3.63) is 84.4 Å². The van der Waals surface area contributed by atoms with Gasteiger partial charge in [-0.2, -0.15) is 6.54 Å². The Hall–Kier alpha value is -1.74. The van der Waals surface area contributed by atoms with Crippen molar-refractivity contribution in [1.82, 2.24) is 10.3 Å². The van der Waals surface area contributed by atoms with Gasteiger partial charge in [-0.25, -0.2) is 0 Å². The van der Waals surface area contributed by atoms with Gasteiger partial charge in [-0.15, -0.1) is 6.20 Å². The third-order valence-electron chi connectivity index (χ3n) is 5.05. The minimum atomic E-state index is -0.193. The summed E-state index contributed by atoms with van der Waals surface area (Å²) < 4.78 is 0.864. The zero-order valence-electron chi connectivity index (χ0n) is 19.9. The Bertz CT molecular complexity index is 1050. The van der Waals surface area contributed by atoms with Crippen molar-refractivity contribution in [1.29, 1.82) is 0 Å². The maximum absolute atomic E-state index is 12.7. The van der Waals surface area contributed by atoms with Crippen LogP contribution in [0.3, 0.4) is 0 Å². The van der Waals surface area contributed by atoms with Crippen molar-refractivity contribution in [3.63, 3.8) is 0 Å². The molecule has 162 valence electrons. The molecule has 2 heterocycles. The standard InChI is InChI=1S/C25H30N5O.K/c1-17(2)24-18(3)12-21(14-28-24)25(31)29-22-9-7-8-20(13-22)19(4)26-10-11-27-23-15-30(5,6)16-23;/h7-9,11-15,19,26H,1,16H2,2-6H3,(H,29,31);/q-1;+1. The van der Waals surface area contributed by atoms with E-state index in [2.05, 4.69) is 54.0 Å². The van der Waals surface area contributed by atoms with Crippen LogP contribution < -0.4 is 62.0 Å². The zero-order valence-corrected chi connectivity index (χ0v) is 23.0. The molecule has 1 aromatic carbocycles. The van der Waals surface area contributed by atoms with E-state index in [1.54, 1.807) is 12.4 Å². The van der Waals surface area contributed by atoms with Gasteiger partial charge < -0.3 is 26.3 Å². The SMILES string of the molecule is C=C(C)c1ncc(C(=O)Nc2cccc(C(C)N[C-]=CN=C3[CH-][N+](C)(C)C3)c2)cc1C.[K+]. The number of aliphatic imine (C=N–C) groups is 1. The molecular formula is C25H30KN5O. The summed E-state index contributed by atoms with van der Waals surface area (Å²) in [5, 5.41) is 6.15. The summed E-state index contributed by atoms with van der Waals surface area (Å²) in [6.07, 6.45) is 6.27. The van der Waals surface area contributed by atoms with Crippen molar-refractivity contribution in [2.75, 3.05) is 26.0 Å². The second-order valence-corrected chi connectivity index (χ2v) is 8.58. The number of quaternary nitrogens is 1. The van der Waals surface area contributed by atoms with Crippen LogP contribution in [0.2, 0.25) is 0 Å². The van der Waals surface area contributed by atoms with E-state index >= 15 is 0 Å². The molecule has 1 fully saturated rings. The first kappa shape index (κ1) is 26.5. The van der Waals surface area contributed by atoms with Gasteiger partial charge in [0.25, 0.3) is 5.91 Å². The third kappa shape index (κ3) is 7.13. The second kappa shape index (κ2) is 11.4. The molecule has 7 heteroatoms. The van der Waals surface area contributed by atoms with Crippen molar-refractivity contribution < 1.29 is 60.7 Å². The fraction of sp³-hybridized carbons (Fsp3) is 0.280. The number of carbonyl (C=O) groups excluding carboxylic acids is 1. The number of hydrogen-bond acceptors (Lipinski definition) is 4. The predicted octanol–water partition coefficient (Wildman–Crippen LogP) is 1.30. The van der Waals surface area contributed by atoms with Crippen molar-refractivity contribution in [3.8, 4) is 0 Å². The van der Waals surface area contributed by atoms with Crippen molar-refractivity contribution >= 4 is 22.9 Å². The van der Waals surface area contributed by atoms with E-state index in [4.69, 9.17) is 0 Å². The molecule has 0 spiro atoms. The molecule has 6 nitrogen and oxygen atoms in total. The fourth-order valence-corrected chi connectivity index (χ4v) is 3.46. The monoisotopic (exact) mass is 455 g/mol. The zero-order chi connectivity index (χ0) is 22.6. The molecule has 1 unspecified atom stereocenters. The van der Waals surface area contributed by atoms with Crippen LogP contribution >= 0.6 is 0 Å². The fourth-order valence-electron chi connectivity index (χ4n) is 3.46. The molecule has 0 radical (unpaired) electrons. The molecule has 0 saturated carbocycles. The normalized spacial score (nSPS) is 16.5. The number of amides is 1. The molecule has 2 aromatic rings. The number of nitrogens with zero attached hydrogens (tertiary/aromatic N) is 3. The number of aromatic nitrogens is 1. The summed E-state index contributed by atoms with van der Waals surface area (Å²) in [5.74, 6) is -0.193. The molecule has 1 amide bonds. The average molecular weight is 456 g/mol. The van der Waals surface area contributed by atoms with E-state index in [1.165, 1.54) is 0 Å². The minimum absolute atomic E-state index is 0. The molecule has 0 bridgehead atoms. The second-order valence-electron chi connectivity index (χ2n) is 8.58. The summed E-state index contributed by atoms with van der Waals surface area (Å²) >= 11 is 0. The maximum atomic E-state index is 12.7. The summed E-state index contributed by atoms with van der Waals surface area (Å²) in [7, 11) is 4.26. The van der Waals surface area contributed by atoms with Crippen LogP contribution in [-0.4, -0.2) is 41.7 Å². The summed E-state index contributed by atoms with van der Waals surface area (Å²) in [4.78, 5) is 21.4. The molecule has 1 aliphatic rings. The van der Waals surface area contributed by atoms with Gasteiger partial charge in [-0.1, -0.05) is 18.7 Å². The first-order valence-electron chi connectivity index (χ1n) is 10.3. The number of benzene rings is 1. The van der Waals surface area contributed by atoms with Crippen LogP contribution in [0.15, 0.2) is 54.3 Å². The third-order valence-corrected chi connectivity index (χ3v) is 5.05. The molecule has 1 aromatic heterocycles. The van der Waals surface area contributed by atoms with Crippen LogP contribution in [0, 0.1) is 19.7 Å². The Balaban J connectivity index is 0.00000363. The predicted molar refractivity (Wildman–Crippen MR) is 126 cm³/mol. The molecule has 2 N–H and O–H groups in total. The average Bonchev–Trinajstić information content (AvgIpc) is 2.69. The van der Waals surface area contributed by atoms with Gasteiger partial charge >= 0.3 is 51.4 Å². The number of allylic oxidation sites excluding steroid dienone is 1. The van der Waals surface area contributed by atoms with Crippen LogP contribution in [0.1, 0.15) is 47.1 Å². The quantitative estimate of drug-likeness (QED) is 0.286. The Morgan fingerprint density at radius 2 is 2.09 bits per heavy atom. The number of aryl methyl sites for hydroxylation is 1. The first-order valence-corrected chi connectivity index (χ1v) is 10.3. The molecule has 0 aliphatic carbocycles. The van der Waals surface area contributed by atoms with E-state index in [0.717, 1.165) is 44.8 Å². The Morgan fingerprint density at radius 3 is 2.72 bits per heavy atom. The van der Waals surface area contributed by atoms with E-state index in [1.807, 2.05) is 51.1 Å². The number of likely N-dealkylation sites (tertiary alicyclic amines) is 1. The van der Waals surface area contributed by atoms with Crippen LogP contribution in [0.4, 0.5) is 5.69 Å². The number of anilines is 1. The van der Waals surface area contributed by atoms with E-state index < -0.39 is 0 Å². The van der Waals surface area contributed by atoms with Crippen molar-refractivity contribution in [2.45, 2.75) is 26.8 Å². The smallest absolute Gasteiger partial charge is 0.560 e. The topological polar surface area (TPSA) is 66.4 Å². The molecule has 3 rings (SSSR count). The molecule has 32 heavy (non-hydrogen) atoms. The van der Waals surface area contributed by atoms with Gasteiger partial charge in [0.1, 0.15) is 0 Å². The van der Waals surface area contributed by atoms with Gasteiger partial charge in [0.15, 0.2) is 0 Å². The number of pyridine rings is 1. The minimum Gasteiger partial charge on any atom is -0.560 e. The van der Waals surface area contributed by atoms with Gasteiger partial charge in [0, 0.05) is 32.0 Å².